The zero-order valence-corrected chi connectivity index (χ0v) is 21.1. The van der Waals surface area contributed by atoms with Crippen LogP contribution in [0.4, 0.5) is 13.2 Å². The normalized spacial score (nSPS) is 17.4. The molecule has 1 aromatic carbocycles. The van der Waals surface area contributed by atoms with Gasteiger partial charge in [0.25, 0.3) is 11.8 Å². The SMILES string of the molecule is CNC(=O)CNC(=O)c1c2c(nn1-c1ccc(C#N)cn1)C[C@]1(CCc3cc(OCC(F)(F)F)ccc31)NC2=O. The molecule has 0 fully saturated rings. The van der Waals surface area contributed by atoms with Crippen LogP contribution < -0.4 is 20.7 Å². The van der Waals surface area contributed by atoms with Crippen molar-refractivity contribution < 1.29 is 32.3 Å². The summed E-state index contributed by atoms with van der Waals surface area (Å²) in [7, 11) is 1.42. The minimum atomic E-state index is -4.47. The number of alkyl halides is 3. The first kappa shape index (κ1) is 26.7. The zero-order valence-electron chi connectivity index (χ0n) is 21.1. The van der Waals surface area contributed by atoms with Crippen molar-refractivity contribution in [1.82, 2.24) is 30.7 Å². The maximum absolute atomic E-state index is 13.6. The predicted molar refractivity (Wildman–Crippen MR) is 132 cm³/mol. The summed E-state index contributed by atoms with van der Waals surface area (Å²) in [6, 6.07) is 9.52. The van der Waals surface area contributed by atoms with Gasteiger partial charge in [0.05, 0.1) is 28.9 Å². The van der Waals surface area contributed by atoms with Crippen molar-refractivity contribution in [3.8, 4) is 17.6 Å². The molecule has 2 aromatic heterocycles. The summed E-state index contributed by atoms with van der Waals surface area (Å²) < 4.78 is 43.9. The fourth-order valence-corrected chi connectivity index (χ4v) is 5.02. The molecule has 1 aliphatic carbocycles. The van der Waals surface area contributed by atoms with Gasteiger partial charge in [-0.05, 0) is 48.2 Å². The molecule has 3 heterocycles. The summed E-state index contributed by atoms with van der Waals surface area (Å²) >= 11 is 0. The van der Waals surface area contributed by atoms with Crippen molar-refractivity contribution in [2.24, 2.45) is 0 Å². The Morgan fingerprint density at radius 2 is 2.08 bits per heavy atom. The molecule has 3 amide bonds. The van der Waals surface area contributed by atoms with Crippen LogP contribution >= 0.6 is 0 Å². The van der Waals surface area contributed by atoms with Crippen LogP contribution in [0.2, 0.25) is 0 Å². The molecular formula is C26H22F3N7O4. The third-order valence-electron chi connectivity index (χ3n) is 6.82. The molecule has 1 atom stereocenters. The van der Waals surface area contributed by atoms with Gasteiger partial charge in [-0.25, -0.2) is 9.67 Å². The lowest BCUT2D eigenvalue weighted by atomic mass is 9.82. The van der Waals surface area contributed by atoms with Crippen LogP contribution in [0.5, 0.6) is 5.75 Å². The van der Waals surface area contributed by atoms with E-state index in [2.05, 4.69) is 26.0 Å². The van der Waals surface area contributed by atoms with Gasteiger partial charge in [-0.3, -0.25) is 14.4 Å². The lowest BCUT2D eigenvalue weighted by Crippen LogP contribution is -2.50. The highest BCUT2D eigenvalue weighted by Crippen LogP contribution is 2.44. The van der Waals surface area contributed by atoms with Crippen LogP contribution in [0.15, 0.2) is 36.5 Å². The number of aromatic nitrogens is 3. The number of hydrogen-bond acceptors (Lipinski definition) is 7. The van der Waals surface area contributed by atoms with E-state index in [1.54, 1.807) is 6.07 Å². The molecule has 0 bridgehead atoms. The summed E-state index contributed by atoms with van der Waals surface area (Å²) in [6.07, 6.45) is -2.04. The standard InChI is InChI=1S/C26H22F3N7O4/c1-31-20(37)12-33-24(39)22-21-18(35-36(22)19-5-2-14(10-30)11-32-19)9-25(34-23(21)38)7-6-15-8-16(3-4-17(15)25)40-13-26(27,28)29/h2-5,8,11H,6-7,9,12-13H2,1H3,(H,31,37)(H,33,39)(H,34,38)/t25-/m0/s1. The monoisotopic (exact) mass is 553 g/mol. The number of benzene rings is 1. The van der Waals surface area contributed by atoms with Crippen LogP contribution in [-0.4, -0.2) is 58.9 Å². The van der Waals surface area contributed by atoms with Gasteiger partial charge < -0.3 is 20.7 Å². The van der Waals surface area contributed by atoms with Gasteiger partial charge in [-0.1, -0.05) is 6.07 Å². The van der Waals surface area contributed by atoms with Crippen molar-refractivity contribution in [1.29, 1.82) is 5.26 Å². The van der Waals surface area contributed by atoms with Crippen LogP contribution in [-0.2, 0) is 23.2 Å². The van der Waals surface area contributed by atoms with Crippen LogP contribution in [0, 0.1) is 11.3 Å². The van der Waals surface area contributed by atoms with E-state index in [-0.39, 0.29) is 41.4 Å². The third kappa shape index (κ3) is 4.93. The van der Waals surface area contributed by atoms with Crippen molar-refractivity contribution >= 4 is 17.7 Å². The molecule has 0 radical (unpaired) electrons. The highest BCUT2D eigenvalue weighted by Gasteiger charge is 2.47. The Bertz CT molecular complexity index is 1560. The Balaban J connectivity index is 1.52. The number of hydrogen-bond donors (Lipinski definition) is 3. The Kier molecular flexibility index (Phi) is 6.66. The molecule has 1 spiro atoms. The molecule has 206 valence electrons. The van der Waals surface area contributed by atoms with E-state index >= 15 is 0 Å². The van der Waals surface area contributed by atoms with Gasteiger partial charge in [-0.2, -0.15) is 23.5 Å². The van der Waals surface area contributed by atoms with Crippen LogP contribution in [0.1, 0.15) is 49.7 Å². The lowest BCUT2D eigenvalue weighted by Gasteiger charge is -2.35. The smallest absolute Gasteiger partial charge is 0.422 e. The summed E-state index contributed by atoms with van der Waals surface area (Å²) in [6.45, 7) is -1.75. The number of amides is 3. The molecule has 5 rings (SSSR count). The fraction of sp³-hybridized carbons (Fsp3) is 0.308. The number of halogens is 3. The quantitative estimate of drug-likeness (QED) is 0.420. The second-order valence-electron chi connectivity index (χ2n) is 9.39. The van der Waals surface area contributed by atoms with E-state index < -0.39 is 36.0 Å². The number of pyridine rings is 1. The maximum Gasteiger partial charge on any atom is 0.422 e. The van der Waals surface area contributed by atoms with Gasteiger partial charge in [-0.15, -0.1) is 0 Å². The van der Waals surface area contributed by atoms with Gasteiger partial charge in [0.2, 0.25) is 5.91 Å². The fourth-order valence-electron chi connectivity index (χ4n) is 5.02. The summed E-state index contributed by atoms with van der Waals surface area (Å²) in [5.41, 5.74) is 1.05. The van der Waals surface area contributed by atoms with E-state index in [9.17, 15) is 27.6 Å². The number of nitriles is 1. The first-order valence-electron chi connectivity index (χ1n) is 12.2. The van der Waals surface area contributed by atoms with Crippen molar-refractivity contribution in [3.63, 3.8) is 0 Å². The van der Waals surface area contributed by atoms with Crippen molar-refractivity contribution in [2.75, 3.05) is 20.2 Å². The second-order valence-corrected chi connectivity index (χ2v) is 9.39. The summed E-state index contributed by atoms with van der Waals surface area (Å²) in [5.74, 6) is -1.50. The van der Waals surface area contributed by atoms with E-state index in [1.165, 1.54) is 42.2 Å². The molecule has 0 saturated heterocycles. The Morgan fingerprint density at radius 1 is 1.27 bits per heavy atom. The van der Waals surface area contributed by atoms with Crippen molar-refractivity contribution in [2.45, 2.75) is 31.0 Å². The van der Waals surface area contributed by atoms with E-state index in [1.807, 2.05) is 6.07 Å². The lowest BCUT2D eigenvalue weighted by molar-refractivity contribution is -0.153. The van der Waals surface area contributed by atoms with Gasteiger partial charge >= 0.3 is 6.18 Å². The summed E-state index contributed by atoms with van der Waals surface area (Å²) in [4.78, 5) is 42.7. The predicted octanol–water partition coefficient (Wildman–Crippen LogP) is 1.68. The molecule has 14 heteroatoms. The highest BCUT2D eigenvalue weighted by molar-refractivity contribution is 6.09. The number of rotatable bonds is 6. The third-order valence-corrected chi connectivity index (χ3v) is 6.82. The number of carbonyl (C=O) groups excluding carboxylic acids is 3. The second kappa shape index (κ2) is 9.99. The molecule has 0 unspecified atom stereocenters. The van der Waals surface area contributed by atoms with Crippen molar-refractivity contribution in [3.05, 3.63) is 70.2 Å². The van der Waals surface area contributed by atoms with Gasteiger partial charge in [0, 0.05) is 19.7 Å². The Hall–Kier alpha value is -4.93. The molecule has 1 aliphatic heterocycles. The highest BCUT2D eigenvalue weighted by atomic mass is 19.4. The average molecular weight is 554 g/mol. The number of nitrogens with one attached hydrogen (secondary N) is 3. The summed E-state index contributed by atoms with van der Waals surface area (Å²) in [5, 5.41) is 21.5. The Morgan fingerprint density at radius 3 is 2.75 bits per heavy atom. The Labute approximate surface area is 225 Å². The first-order valence-corrected chi connectivity index (χ1v) is 12.2. The minimum absolute atomic E-state index is 0.0183. The number of carbonyl (C=O) groups is 3. The molecule has 2 aliphatic rings. The topological polar surface area (TPSA) is 151 Å². The zero-order chi connectivity index (χ0) is 28.7. The van der Waals surface area contributed by atoms with E-state index in [4.69, 9.17) is 10.00 Å². The van der Waals surface area contributed by atoms with Gasteiger partial charge in [0.15, 0.2) is 12.4 Å². The maximum atomic E-state index is 13.6. The molecule has 11 nitrogen and oxygen atoms in total. The van der Waals surface area contributed by atoms with Crippen LogP contribution in [0.3, 0.4) is 0 Å². The van der Waals surface area contributed by atoms with Crippen LogP contribution in [0.25, 0.3) is 5.82 Å². The molecule has 0 saturated carbocycles. The average Bonchev–Trinajstić information content (AvgIpc) is 3.48. The largest absolute Gasteiger partial charge is 0.484 e. The number of fused-ring (bicyclic) bond motifs is 3. The number of aryl methyl sites for hydroxylation is 1. The first-order chi connectivity index (χ1) is 19.0. The number of nitrogens with zero attached hydrogens (tertiary/aromatic N) is 4. The van der Waals surface area contributed by atoms with E-state index in [0.717, 1.165) is 11.1 Å². The van der Waals surface area contributed by atoms with E-state index in [0.29, 0.717) is 18.5 Å². The molecular weight excluding hydrogens is 531 g/mol. The molecule has 3 N–H and O–H groups in total. The minimum Gasteiger partial charge on any atom is -0.484 e. The molecule has 40 heavy (non-hydrogen) atoms. The molecule has 3 aromatic rings. The number of ether oxygens (including phenoxy) is 1. The number of likely N-dealkylation sites (N-methyl/N-ethyl adjacent to an activating group) is 1. The van der Waals surface area contributed by atoms with Gasteiger partial charge in [0.1, 0.15) is 17.5 Å².